The maximum absolute atomic E-state index is 12.7. The Morgan fingerprint density at radius 3 is 2.83 bits per heavy atom. The second-order valence-corrected chi connectivity index (χ2v) is 6.47. The van der Waals surface area contributed by atoms with E-state index in [0.29, 0.717) is 53.5 Å². The number of nitrogens with zero attached hydrogens (tertiary/aromatic N) is 2. The monoisotopic (exact) mass is 368 g/mol. The van der Waals surface area contributed by atoms with E-state index in [1.54, 1.807) is 24.0 Å². The van der Waals surface area contributed by atoms with E-state index in [9.17, 15) is 4.79 Å². The summed E-state index contributed by atoms with van der Waals surface area (Å²) in [5.74, 6) is 0.722. The Balaban J connectivity index is 1.78. The lowest BCUT2D eigenvalue weighted by Crippen LogP contribution is -2.42. The molecule has 24 heavy (non-hydrogen) atoms. The van der Waals surface area contributed by atoms with Gasteiger partial charge in [-0.1, -0.05) is 36.2 Å². The summed E-state index contributed by atoms with van der Waals surface area (Å²) in [7, 11) is 0. The largest absolute Gasteiger partial charge is 0.435 e. The van der Waals surface area contributed by atoms with Gasteiger partial charge in [-0.15, -0.1) is 0 Å². The summed E-state index contributed by atoms with van der Waals surface area (Å²) in [6.45, 7) is 5.11. The van der Waals surface area contributed by atoms with Crippen molar-refractivity contribution in [1.29, 1.82) is 0 Å². The highest BCUT2D eigenvalue weighted by atomic mass is 35.5. The minimum absolute atomic E-state index is 0.159. The Labute approximate surface area is 150 Å². The Hall–Kier alpha value is -1.56. The molecule has 1 amide bonds. The van der Waals surface area contributed by atoms with Crippen LogP contribution in [0.25, 0.3) is 0 Å². The summed E-state index contributed by atoms with van der Waals surface area (Å²) in [4.78, 5) is 18.7. The van der Waals surface area contributed by atoms with Crippen molar-refractivity contribution in [2.24, 2.45) is 0 Å². The first kappa shape index (κ1) is 17.3. The molecular weight excluding hydrogens is 351 g/mol. The molecule has 0 bridgehead atoms. The Bertz CT molecular complexity index is 760. The molecule has 0 N–H and O–H groups in total. The summed E-state index contributed by atoms with van der Waals surface area (Å²) in [5.41, 5.74) is 1.51. The Kier molecular flexibility index (Phi) is 5.13. The second-order valence-electron chi connectivity index (χ2n) is 5.66. The molecule has 1 aliphatic heterocycles. The van der Waals surface area contributed by atoms with E-state index in [4.69, 9.17) is 32.4 Å². The van der Waals surface area contributed by atoms with Crippen LogP contribution in [0.1, 0.15) is 40.7 Å². The molecule has 0 radical (unpaired) electrons. The molecular formula is C17H18Cl2N2O3. The van der Waals surface area contributed by atoms with Crippen LogP contribution in [0.15, 0.2) is 22.6 Å². The topological polar surface area (TPSA) is 55.6 Å². The average Bonchev–Trinajstić information content (AvgIpc) is 2.98. The molecule has 0 saturated carbocycles. The first-order chi connectivity index (χ1) is 11.5. The molecule has 2 heterocycles. The van der Waals surface area contributed by atoms with Gasteiger partial charge in [0, 0.05) is 13.0 Å². The van der Waals surface area contributed by atoms with Gasteiger partial charge in [-0.3, -0.25) is 4.79 Å². The molecule has 2 aromatic rings. The van der Waals surface area contributed by atoms with Crippen molar-refractivity contribution in [2.75, 3.05) is 19.7 Å². The van der Waals surface area contributed by atoms with Gasteiger partial charge in [0.05, 0.1) is 28.9 Å². The maximum Gasteiger partial charge on any atom is 0.291 e. The number of halogens is 2. The molecule has 7 heteroatoms. The van der Waals surface area contributed by atoms with E-state index in [1.807, 2.05) is 13.0 Å². The highest BCUT2D eigenvalue weighted by Crippen LogP contribution is 2.29. The number of benzene rings is 1. The maximum atomic E-state index is 12.7. The molecule has 1 saturated heterocycles. The summed E-state index contributed by atoms with van der Waals surface area (Å²) in [5, 5.41) is 0.966. The van der Waals surface area contributed by atoms with Crippen molar-refractivity contribution in [3.8, 4) is 0 Å². The number of aryl methyl sites for hydroxylation is 2. The number of hydrogen-bond acceptors (Lipinski definition) is 4. The third-order valence-corrected chi connectivity index (χ3v) is 4.75. The molecule has 0 aliphatic carbocycles. The minimum Gasteiger partial charge on any atom is -0.435 e. The van der Waals surface area contributed by atoms with Crippen LogP contribution in [-0.4, -0.2) is 35.5 Å². The minimum atomic E-state index is -0.244. The van der Waals surface area contributed by atoms with Crippen molar-refractivity contribution in [2.45, 2.75) is 26.4 Å². The smallest absolute Gasteiger partial charge is 0.291 e. The molecule has 0 spiro atoms. The van der Waals surface area contributed by atoms with E-state index >= 15 is 0 Å². The predicted molar refractivity (Wildman–Crippen MR) is 91.7 cm³/mol. The molecule has 128 valence electrons. The van der Waals surface area contributed by atoms with Crippen molar-refractivity contribution >= 4 is 29.1 Å². The van der Waals surface area contributed by atoms with E-state index in [1.165, 1.54) is 0 Å². The SMILES string of the molecule is CCc1nc(C)c(C(=O)N2CCO[C@H](c3ccc(Cl)c(Cl)c3)C2)o1. The first-order valence-electron chi connectivity index (χ1n) is 7.81. The molecule has 1 aromatic heterocycles. The molecule has 3 rings (SSSR count). The summed E-state index contributed by atoms with van der Waals surface area (Å²) >= 11 is 12.0. The quantitative estimate of drug-likeness (QED) is 0.819. The van der Waals surface area contributed by atoms with Gasteiger partial charge in [0.15, 0.2) is 5.89 Å². The molecule has 1 aliphatic rings. The van der Waals surface area contributed by atoms with E-state index in [0.717, 1.165) is 5.56 Å². The van der Waals surface area contributed by atoms with Crippen LogP contribution in [0, 0.1) is 6.92 Å². The standard InChI is InChI=1S/C17H18Cl2N2O3/c1-3-15-20-10(2)16(24-15)17(22)21-6-7-23-14(9-21)11-4-5-12(18)13(19)8-11/h4-5,8,14H,3,6-7,9H2,1-2H3/t14-/m0/s1. The fraction of sp³-hybridized carbons (Fsp3) is 0.412. The third kappa shape index (κ3) is 3.43. The number of rotatable bonds is 3. The van der Waals surface area contributed by atoms with E-state index in [2.05, 4.69) is 4.98 Å². The second kappa shape index (κ2) is 7.13. The number of oxazole rings is 1. The third-order valence-electron chi connectivity index (χ3n) is 4.01. The lowest BCUT2D eigenvalue weighted by molar-refractivity contribution is -0.0238. The highest BCUT2D eigenvalue weighted by Gasteiger charge is 2.29. The molecule has 0 unspecified atom stereocenters. The Morgan fingerprint density at radius 1 is 1.38 bits per heavy atom. The van der Waals surface area contributed by atoms with Gasteiger partial charge in [0.2, 0.25) is 5.76 Å². The van der Waals surface area contributed by atoms with Gasteiger partial charge in [-0.2, -0.15) is 0 Å². The number of amides is 1. The van der Waals surface area contributed by atoms with E-state index < -0.39 is 0 Å². The summed E-state index contributed by atoms with van der Waals surface area (Å²) in [6.07, 6.45) is 0.412. The zero-order valence-electron chi connectivity index (χ0n) is 13.5. The van der Waals surface area contributed by atoms with Gasteiger partial charge in [0.1, 0.15) is 6.10 Å². The summed E-state index contributed by atoms with van der Waals surface area (Å²) in [6, 6.07) is 5.37. The van der Waals surface area contributed by atoms with Crippen LogP contribution in [0.5, 0.6) is 0 Å². The number of aromatic nitrogens is 1. The van der Waals surface area contributed by atoms with Crippen molar-refractivity contribution in [3.63, 3.8) is 0 Å². The fourth-order valence-corrected chi connectivity index (χ4v) is 3.00. The Morgan fingerprint density at radius 2 is 2.17 bits per heavy atom. The van der Waals surface area contributed by atoms with Crippen LogP contribution >= 0.6 is 23.2 Å². The lowest BCUT2D eigenvalue weighted by atomic mass is 10.1. The number of ether oxygens (including phenoxy) is 1. The van der Waals surface area contributed by atoms with Gasteiger partial charge in [0.25, 0.3) is 5.91 Å². The van der Waals surface area contributed by atoms with Crippen LogP contribution in [-0.2, 0) is 11.2 Å². The highest BCUT2D eigenvalue weighted by molar-refractivity contribution is 6.42. The number of carbonyl (C=O) groups excluding carboxylic acids is 1. The van der Waals surface area contributed by atoms with Crippen LogP contribution in [0.3, 0.4) is 0 Å². The van der Waals surface area contributed by atoms with Crippen molar-refractivity contribution < 1.29 is 13.9 Å². The van der Waals surface area contributed by atoms with Crippen molar-refractivity contribution in [3.05, 3.63) is 51.2 Å². The van der Waals surface area contributed by atoms with Crippen molar-refractivity contribution in [1.82, 2.24) is 9.88 Å². The van der Waals surface area contributed by atoms with E-state index in [-0.39, 0.29) is 12.0 Å². The van der Waals surface area contributed by atoms with Crippen LogP contribution < -0.4 is 0 Å². The van der Waals surface area contributed by atoms with Gasteiger partial charge in [-0.25, -0.2) is 4.98 Å². The number of morpholine rings is 1. The number of carbonyl (C=O) groups is 1. The zero-order valence-corrected chi connectivity index (χ0v) is 15.0. The first-order valence-corrected chi connectivity index (χ1v) is 8.57. The normalized spacial score (nSPS) is 18.0. The van der Waals surface area contributed by atoms with Gasteiger partial charge < -0.3 is 14.1 Å². The van der Waals surface area contributed by atoms with Crippen LogP contribution in [0.2, 0.25) is 10.0 Å². The summed E-state index contributed by atoms with van der Waals surface area (Å²) < 4.78 is 11.4. The zero-order chi connectivity index (χ0) is 17.3. The molecule has 5 nitrogen and oxygen atoms in total. The van der Waals surface area contributed by atoms with Crippen LogP contribution in [0.4, 0.5) is 0 Å². The number of hydrogen-bond donors (Lipinski definition) is 0. The average molecular weight is 369 g/mol. The molecule has 1 atom stereocenters. The van der Waals surface area contributed by atoms with Gasteiger partial charge in [-0.05, 0) is 24.6 Å². The lowest BCUT2D eigenvalue weighted by Gasteiger charge is -2.32. The molecule has 1 aromatic carbocycles. The van der Waals surface area contributed by atoms with Gasteiger partial charge >= 0.3 is 0 Å². The predicted octanol–water partition coefficient (Wildman–Crippen LogP) is 4.07. The fourth-order valence-electron chi connectivity index (χ4n) is 2.69. The molecule has 1 fully saturated rings.